The van der Waals surface area contributed by atoms with Crippen LogP contribution in [-0.2, 0) is 6.42 Å². The topological polar surface area (TPSA) is 67.8 Å². The third kappa shape index (κ3) is 5.11. The van der Waals surface area contributed by atoms with Crippen LogP contribution in [0.25, 0.3) is 11.0 Å². The van der Waals surface area contributed by atoms with Crippen molar-refractivity contribution in [3.8, 4) is 0 Å². The van der Waals surface area contributed by atoms with E-state index in [1.165, 1.54) is 12.1 Å². The zero-order valence-electron chi connectivity index (χ0n) is 19.9. The van der Waals surface area contributed by atoms with Gasteiger partial charge in [-0.3, -0.25) is 5.41 Å². The number of hydrogen-bond acceptors (Lipinski definition) is 4. The molecule has 5 nitrogen and oxygen atoms in total. The standard InChI is InChI=1S/C29H30FN5/c1-19(2)16-21-18-24(10-11-25(21)28(31)20-6-5-7-22(30)17-20)32-23-12-14-35(15-13-23)29-33-26-8-3-4-9-27(26)34-29/h3-11,17-18,23,31-32H,1,12-16H2,2H3,(H,33,34). The van der Waals surface area contributed by atoms with Crippen molar-refractivity contribution in [3.63, 3.8) is 0 Å². The predicted molar refractivity (Wildman–Crippen MR) is 142 cm³/mol. The number of aromatic amines is 1. The van der Waals surface area contributed by atoms with E-state index in [0.717, 1.165) is 65.3 Å². The second-order valence-electron chi connectivity index (χ2n) is 9.37. The molecule has 3 N–H and O–H groups in total. The number of aromatic nitrogens is 2. The molecule has 0 saturated carbocycles. The van der Waals surface area contributed by atoms with Crippen molar-refractivity contribution in [2.75, 3.05) is 23.3 Å². The molecule has 1 fully saturated rings. The van der Waals surface area contributed by atoms with E-state index in [0.29, 0.717) is 23.7 Å². The third-order valence-electron chi connectivity index (χ3n) is 6.52. The number of nitrogens with one attached hydrogen (secondary N) is 3. The first-order chi connectivity index (χ1) is 17.0. The molecule has 0 aliphatic carbocycles. The minimum absolute atomic E-state index is 0.325. The number of benzene rings is 3. The highest BCUT2D eigenvalue weighted by Gasteiger charge is 2.22. The quantitative estimate of drug-likeness (QED) is 0.220. The van der Waals surface area contributed by atoms with E-state index >= 15 is 0 Å². The predicted octanol–water partition coefficient (Wildman–Crippen LogP) is 6.32. The molecule has 1 saturated heterocycles. The van der Waals surface area contributed by atoms with E-state index in [4.69, 9.17) is 10.4 Å². The van der Waals surface area contributed by atoms with Crippen LogP contribution in [0.15, 0.2) is 78.9 Å². The highest BCUT2D eigenvalue weighted by molar-refractivity contribution is 6.12. The maximum absolute atomic E-state index is 13.7. The van der Waals surface area contributed by atoms with Crippen LogP contribution in [0.2, 0.25) is 0 Å². The molecule has 1 aliphatic heterocycles. The van der Waals surface area contributed by atoms with Crippen molar-refractivity contribution < 1.29 is 4.39 Å². The van der Waals surface area contributed by atoms with Gasteiger partial charge in [0.2, 0.25) is 5.95 Å². The number of para-hydroxylation sites is 2. The Bertz CT molecular complexity index is 1350. The highest BCUT2D eigenvalue weighted by Crippen LogP contribution is 2.26. The van der Waals surface area contributed by atoms with Crippen LogP contribution in [0.3, 0.4) is 0 Å². The summed E-state index contributed by atoms with van der Waals surface area (Å²) in [6, 6.07) is 20.8. The van der Waals surface area contributed by atoms with E-state index in [-0.39, 0.29) is 5.82 Å². The number of allylic oxidation sites excluding steroid dienone is 1. The molecule has 6 heteroatoms. The maximum Gasteiger partial charge on any atom is 0.203 e. The fraction of sp³-hybridized carbons (Fsp3) is 0.241. The van der Waals surface area contributed by atoms with Crippen LogP contribution in [0.4, 0.5) is 16.0 Å². The summed E-state index contributed by atoms with van der Waals surface area (Å²) in [5, 5.41) is 12.4. The molecule has 0 unspecified atom stereocenters. The third-order valence-corrected chi connectivity index (χ3v) is 6.52. The van der Waals surface area contributed by atoms with Crippen LogP contribution in [0.1, 0.15) is 36.5 Å². The van der Waals surface area contributed by atoms with Gasteiger partial charge in [-0.1, -0.05) is 42.5 Å². The smallest absolute Gasteiger partial charge is 0.203 e. The molecule has 0 spiro atoms. The Morgan fingerprint density at radius 1 is 1.11 bits per heavy atom. The fourth-order valence-electron chi connectivity index (χ4n) is 4.76. The SMILES string of the molecule is C=C(C)Cc1cc(NC2CCN(c3nc4ccccc4[nH]3)CC2)ccc1C(=N)c1cccc(F)c1. The lowest BCUT2D eigenvalue weighted by Gasteiger charge is -2.32. The number of piperidine rings is 1. The summed E-state index contributed by atoms with van der Waals surface area (Å²) < 4.78 is 13.7. The van der Waals surface area contributed by atoms with Gasteiger partial charge in [0.25, 0.3) is 0 Å². The summed E-state index contributed by atoms with van der Waals surface area (Å²) in [7, 11) is 0. The fourth-order valence-corrected chi connectivity index (χ4v) is 4.76. The number of nitrogens with zero attached hydrogens (tertiary/aromatic N) is 2. The zero-order chi connectivity index (χ0) is 24.4. The molecular formula is C29H30FN5. The van der Waals surface area contributed by atoms with Crippen molar-refractivity contribution in [2.24, 2.45) is 0 Å². The number of rotatable bonds is 7. The van der Waals surface area contributed by atoms with Crippen LogP contribution in [0.5, 0.6) is 0 Å². The van der Waals surface area contributed by atoms with Gasteiger partial charge in [0, 0.05) is 35.9 Å². The molecule has 1 aromatic heterocycles. The van der Waals surface area contributed by atoms with Gasteiger partial charge in [0.15, 0.2) is 0 Å². The lowest BCUT2D eigenvalue weighted by Crippen LogP contribution is -2.39. The first-order valence-corrected chi connectivity index (χ1v) is 12.0. The molecule has 0 amide bonds. The Morgan fingerprint density at radius 2 is 1.91 bits per heavy atom. The number of imidazole rings is 1. The van der Waals surface area contributed by atoms with Crippen molar-refractivity contribution >= 4 is 28.4 Å². The van der Waals surface area contributed by atoms with E-state index in [2.05, 4.69) is 33.9 Å². The zero-order valence-corrected chi connectivity index (χ0v) is 19.9. The number of anilines is 2. The Kier molecular flexibility index (Phi) is 6.36. The number of fused-ring (bicyclic) bond motifs is 1. The molecule has 5 rings (SSSR count). The average Bonchev–Trinajstić information content (AvgIpc) is 3.28. The summed E-state index contributed by atoms with van der Waals surface area (Å²) in [6.07, 6.45) is 2.69. The summed E-state index contributed by atoms with van der Waals surface area (Å²) in [4.78, 5) is 10.5. The molecule has 0 radical (unpaired) electrons. The molecule has 178 valence electrons. The first kappa shape index (κ1) is 22.8. The van der Waals surface area contributed by atoms with Crippen LogP contribution >= 0.6 is 0 Å². The van der Waals surface area contributed by atoms with Crippen LogP contribution in [0, 0.1) is 11.2 Å². The first-order valence-electron chi connectivity index (χ1n) is 12.0. The largest absolute Gasteiger partial charge is 0.382 e. The Balaban J connectivity index is 1.28. The molecule has 0 bridgehead atoms. The van der Waals surface area contributed by atoms with E-state index in [9.17, 15) is 4.39 Å². The van der Waals surface area contributed by atoms with Crippen molar-refractivity contribution in [1.82, 2.24) is 9.97 Å². The van der Waals surface area contributed by atoms with Gasteiger partial charge in [0.1, 0.15) is 5.82 Å². The molecule has 35 heavy (non-hydrogen) atoms. The lowest BCUT2D eigenvalue weighted by molar-refractivity contribution is 0.521. The molecule has 0 atom stereocenters. The molecule has 3 aromatic carbocycles. The highest BCUT2D eigenvalue weighted by atomic mass is 19.1. The second kappa shape index (κ2) is 9.74. The summed E-state index contributed by atoms with van der Waals surface area (Å²) >= 11 is 0. The number of hydrogen-bond donors (Lipinski definition) is 3. The Hall–Kier alpha value is -3.93. The van der Waals surface area contributed by atoms with Gasteiger partial charge in [-0.15, -0.1) is 0 Å². The van der Waals surface area contributed by atoms with Gasteiger partial charge >= 0.3 is 0 Å². The van der Waals surface area contributed by atoms with E-state index < -0.39 is 0 Å². The lowest BCUT2D eigenvalue weighted by atomic mass is 9.93. The van der Waals surface area contributed by atoms with E-state index in [1.54, 1.807) is 12.1 Å². The van der Waals surface area contributed by atoms with E-state index in [1.807, 2.05) is 37.3 Å². The average molecular weight is 468 g/mol. The minimum atomic E-state index is -0.332. The van der Waals surface area contributed by atoms with Gasteiger partial charge < -0.3 is 15.2 Å². The van der Waals surface area contributed by atoms with Crippen molar-refractivity contribution in [2.45, 2.75) is 32.2 Å². The van der Waals surface area contributed by atoms with Crippen molar-refractivity contribution in [3.05, 3.63) is 101 Å². The minimum Gasteiger partial charge on any atom is -0.382 e. The van der Waals surface area contributed by atoms with Gasteiger partial charge in [-0.05, 0) is 68.1 Å². The normalized spacial score (nSPS) is 14.3. The van der Waals surface area contributed by atoms with Crippen molar-refractivity contribution in [1.29, 1.82) is 5.41 Å². The monoisotopic (exact) mass is 467 g/mol. The second-order valence-corrected chi connectivity index (χ2v) is 9.37. The number of H-pyrrole nitrogens is 1. The van der Waals surface area contributed by atoms with Gasteiger partial charge in [0.05, 0.1) is 16.7 Å². The molecule has 4 aromatic rings. The Labute approximate surface area is 205 Å². The van der Waals surface area contributed by atoms with Gasteiger partial charge in [-0.2, -0.15) is 0 Å². The molecule has 1 aliphatic rings. The van der Waals surface area contributed by atoms with Crippen LogP contribution in [-0.4, -0.2) is 34.8 Å². The summed E-state index contributed by atoms with van der Waals surface area (Å²) in [6.45, 7) is 7.92. The van der Waals surface area contributed by atoms with Crippen LogP contribution < -0.4 is 10.2 Å². The van der Waals surface area contributed by atoms with Gasteiger partial charge in [-0.25, -0.2) is 9.37 Å². The maximum atomic E-state index is 13.7. The molecule has 2 heterocycles. The summed E-state index contributed by atoms with van der Waals surface area (Å²) in [5.74, 6) is 0.606. The Morgan fingerprint density at radius 3 is 2.66 bits per heavy atom. The number of halogens is 1. The molecular weight excluding hydrogens is 437 g/mol. The summed E-state index contributed by atoms with van der Waals surface area (Å²) in [5.41, 5.74) is 6.86.